The van der Waals surface area contributed by atoms with Crippen LogP contribution < -0.4 is 40.7 Å². The fourth-order valence-corrected chi connectivity index (χ4v) is 13.5. The van der Waals surface area contributed by atoms with Gasteiger partial charge in [0.15, 0.2) is 11.5 Å². The smallest absolute Gasteiger partial charge is 0.252 e. The molecule has 7 heteroatoms. The molecule has 0 aliphatic carbocycles. The highest BCUT2D eigenvalue weighted by Gasteiger charge is 2.47. The zero-order valence-corrected chi connectivity index (χ0v) is 33.7. The Bertz CT molecular complexity index is 3290. The maximum Gasteiger partial charge on any atom is 0.252 e. The second-order valence-corrected chi connectivity index (χ2v) is 18.2. The van der Waals surface area contributed by atoms with Gasteiger partial charge in [0.2, 0.25) is 0 Å². The summed E-state index contributed by atoms with van der Waals surface area (Å²) in [5.41, 5.74) is 18.0. The molecule has 61 heavy (non-hydrogen) atoms. The van der Waals surface area contributed by atoms with Gasteiger partial charge < -0.3 is 24.3 Å². The molecule has 0 spiro atoms. The summed E-state index contributed by atoms with van der Waals surface area (Å²) in [7, 11) is -1.04. The van der Waals surface area contributed by atoms with Crippen molar-refractivity contribution in [2.75, 3.05) is 19.6 Å². The van der Waals surface area contributed by atoms with Gasteiger partial charge in [-0.15, -0.1) is 0 Å². The molecule has 0 radical (unpaired) electrons. The van der Waals surface area contributed by atoms with Crippen molar-refractivity contribution in [3.63, 3.8) is 0 Å². The normalized spacial score (nSPS) is 15.9. The lowest BCUT2D eigenvalue weighted by Gasteiger charge is -2.49. The van der Waals surface area contributed by atoms with E-state index in [2.05, 4.69) is 226 Å². The van der Waals surface area contributed by atoms with E-state index in [0.717, 1.165) is 39.9 Å². The number of rotatable bonds is 3. The highest BCUT2D eigenvalue weighted by atomic mass is 32.2. The molecule has 0 amide bonds. The van der Waals surface area contributed by atoms with Crippen LogP contribution in [0.4, 0.5) is 68.2 Å². The van der Waals surface area contributed by atoms with Crippen molar-refractivity contribution in [1.29, 1.82) is 0 Å². The molecule has 5 aliphatic rings. The summed E-state index contributed by atoms with van der Waals surface area (Å²) in [6, 6.07) is 75.7. The summed E-state index contributed by atoms with van der Waals surface area (Å²) in [6.07, 6.45) is 0. The summed E-state index contributed by atoms with van der Waals surface area (Å²) in [6.45, 7) is 0.00246. The number of para-hydroxylation sites is 7. The first kappa shape index (κ1) is 33.3. The van der Waals surface area contributed by atoms with Gasteiger partial charge in [-0.1, -0.05) is 109 Å². The SMILES string of the molecule is c1ccc(N2c3ccccc3B3c4cc5c(cc4N(c4ccccc4)c4cccc2c43)N2c3ccccc3Oc3ccc4c(c32)[SH]5c2ccccc2N4c2ccccc2)cc1. The van der Waals surface area contributed by atoms with E-state index in [1.54, 1.807) is 0 Å². The van der Waals surface area contributed by atoms with Gasteiger partial charge in [0.05, 0.1) is 22.7 Å². The number of benzene rings is 9. The van der Waals surface area contributed by atoms with E-state index in [0.29, 0.717) is 0 Å². The van der Waals surface area contributed by atoms with Gasteiger partial charge in [-0.3, -0.25) is 0 Å². The second kappa shape index (κ2) is 12.5. The lowest BCUT2D eigenvalue weighted by atomic mass is 9.33. The van der Waals surface area contributed by atoms with E-state index in [1.807, 2.05) is 0 Å². The first-order valence-corrected chi connectivity index (χ1v) is 22.2. The molecule has 1 unspecified atom stereocenters. The standard InChI is InChI=1S/C54H35BN4OS/c1-4-17-35(18-5-1)56-40-24-11-10-23-38(40)55-39-33-51-47(34-46(39)58(37-21-8-3-9-22-37)44-28-16-27-43(56)52(44)55)59-41-25-12-14-29-48(41)60-49-32-31-45-54(53(49)59)61(51)50-30-15-13-26-42(50)57(45)36-19-6-2-7-20-36/h1-34,61H. The third-order valence-electron chi connectivity index (χ3n) is 13.0. The predicted octanol–water partition coefficient (Wildman–Crippen LogP) is 12.9. The molecular weight excluding hydrogens is 763 g/mol. The van der Waals surface area contributed by atoms with E-state index in [1.165, 1.54) is 70.9 Å². The molecule has 286 valence electrons. The number of hydrogen-bond donors (Lipinski definition) is 1. The van der Waals surface area contributed by atoms with Gasteiger partial charge in [-0.05, 0) is 113 Å². The minimum Gasteiger partial charge on any atom is -0.453 e. The maximum absolute atomic E-state index is 6.87. The van der Waals surface area contributed by atoms with Crippen LogP contribution in [0, 0.1) is 0 Å². The Balaban J connectivity index is 1.10. The maximum atomic E-state index is 6.87. The van der Waals surface area contributed by atoms with Crippen molar-refractivity contribution in [1.82, 2.24) is 0 Å². The van der Waals surface area contributed by atoms with Crippen molar-refractivity contribution < 1.29 is 4.74 Å². The van der Waals surface area contributed by atoms with Crippen LogP contribution in [0.1, 0.15) is 0 Å². The summed E-state index contributed by atoms with van der Waals surface area (Å²) in [5.74, 6) is 1.75. The zero-order chi connectivity index (χ0) is 39.8. The van der Waals surface area contributed by atoms with Gasteiger partial charge in [-0.2, -0.15) is 10.9 Å². The average Bonchev–Trinajstić information content (AvgIpc) is 3.33. The molecule has 0 fully saturated rings. The van der Waals surface area contributed by atoms with Gasteiger partial charge in [0.25, 0.3) is 6.71 Å². The minimum absolute atomic E-state index is 0.00246. The minimum atomic E-state index is -1.04. The van der Waals surface area contributed by atoms with E-state index < -0.39 is 10.9 Å². The van der Waals surface area contributed by atoms with Crippen molar-refractivity contribution in [3.05, 3.63) is 206 Å². The fraction of sp³-hybridized carbons (Fsp3) is 0. The molecule has 9 aromatic rings. The highest BCUT2D eigenvalue weighted by molar-refractivity contribution is 8.17. The number of thiol groups is 1. The molecule has 1 atom stereocenters. The molecule has 5 heterocycles. The highest BCUT2D eigenvalue weighted by Crippen LogP contribution is 2.74. The van der Waals surface area contributed by atoms with Crippen molar-refractivity contribution >= 4 is 102 Å². The van der Waals surface area contributed by atoms with Crippen LogP contribution in [0.15, 0.2) is 221 Å². The van der Waals surface area contributed by atoms with Gasteiger partial charge >= 0.3 is 0 Å². The fourth-order valence-electron chi connectivity index (χ4n) is 10.6. The number of ether oxygens (including phenoxy) is 1. The Hall–Kier alpha value is -7.61. The van der Waals surface area contributed by atoms with Gasteiger partial charge in [0, 0.05) is 54.5 Å². The average molecular weight is 799 g/mol. The summed E-state index contributed by atoms with van der Waals surface area (Å²) in [4.78, 5) is 14.0. The molecule has 0 bridgehead atoms. The quantitative estimate of drug-likeness (QED) is 0.142. The Morgan fingerprint density at radius 3 is 1.61 bits per heavy atom. The third kappa shape index (κ3) is 4.48. The molecule has 0 N–H and O–H groups in total. The lowest BCUT2D eigenvalue weighted by Crippen LogP contribution is -2.61. The number of anilines is 12. The van der Waals surface area contributed by atoms with E-state index in [9.17, 15) is 0 Å². The topological polar surface area (TPSA) is 22.2 Å². The van der Waals surface area contributed by atoms with Crippen LogP contribution in [-0.2, 0) is 0 Å². The molecule has 14 rings (SSSR count). The van der Waals surface area contributed by atoms with E-state index in [4.69, 9.17) is 4.74 Å². The predicted molar refractivity (Wildman–Crippen MR) is 254 cm³/mol. The summed E-state index contributed by atoms with van der Waals surface area (Å²) < 4.78 is 6.87. The van der Waals surface area contributed by atoms with Crippen LogP contribution in [0.25, 0.3) is 0 Å². The van der Waals surface area contributed by atoms with Crippen LogP contribution in [-0.4, -0.2) is 6.71 Å². The van der Waals surface area contributed by atoms with Crippen LogP contribution >= 0.6 is 10.9 Å². The molecule has 0 aromatic heterocycles. The molecule has 5 nitrogen and oxygen atoms in total. The molecular formula is C54H35BN4OS. The molecule has 0 saturated heterocycles. The largest absolute Gasteiger partial charge is 0.453 e. The van der Waals surface area contributed by atoms with Crippen LogP contribution in [0.5, 0.6) is 11.5 Å². The van der Waals surface area contributed by atoms with E-state index in [-0.39, 0.29) is 6.71 Å². The first-order valence-electron chi connectivity index (χ1n) is 20.9. The molecule has 0 saturated carbocycles. The third-order valence-corrected chi connectivity index (χ3v) is 15.6. The Labute approximate surface area is 357 Å². The first-order chi connectivity index (χ1) is 30.3. The van der Waals surface area contributed by atoms with Crippen molar-refractivity contribution in [2.24, 2.45) is 0 Å². The Kier molecular flexibility index (Phi) is 6.79. The van der Waals surface area contributed by atoms with Gasteiger partial charge in [-0.25, -0.2) is 0 Å². The zero-order valence-electron chi connectivity index (χ0n) is 32.9. The Morgan fingerprint density at radius 1 is 0.344 bits per heavy atom. The van der Waals surface area contributed by atoms with E-state index >= 15 is 0 Å². The van der Waals surface area contributed by atoms with Gasteiger partial charge in [0.1, 0.15) is 5.69 Å². The monoisotopic (exact) mass is 798 g/mol. The van der Waals surface area contributed by atoms with Crippen molar-refractivity contribution in [2.45, 2.75) is 14.7 Å². The van der Waals surface area contributed by atoms with Crippen LogP contribution in [0.2, 0.25) is 0 Å². The summed E-state index contributed by atoms with van der Waals surface area (Å²) >= 11 is 0. The van der Waals surface area contributed by atoms with Crippen LogP contribution in [0.3, 0.4) is 0 Å². The summed E-state index contributed by atoms with van der Waals surface area (Å²) in [5, 5.41) is 0. The molecule has 9 aromatic carbocycles. The Morgan fingerprint density at radius 2 is 0.902 bits per heavy atom. The lowest BCUT2D eigenvalue weighted by molar-refractivity contribution is 0.475. The number of nitrogens with zero attached hydrogens (tertiary/aromatic N) is 4. The second-order valence-electron chi connectivity index (χ2n) is 16.1. The molecule has 5 aliphatic heterocycles. The number of fused-ring (bicyclic) bond motifs is 11. The number of hydrogen-bond acceptors (Lipinski definition) is 5. The van der Waals surface area contributed by atoms with Crippen molar-refractivity contribution in [3.8, 4) is 11.5 Å².